The van der Waals surface area contributed by atoms with Crippen molar-refractivity contribution in [3.63, 3.8) is 0 Å². The van der Waals surface area contributed by atoms with Crippen LogP contribution in [0.2, 0.25) is 0 Å². The highest BCUT2D eigenvalue weighted by molar-refractivity contribution is 6.10. The van der Waals surface area contributed by atoms with Gasteiger partial charge in [0.05, 0.1) is 19.8 Å². The molecular formula is C29H30F8N4O7. The van der Waals surface area contributed by atoms with E-state index < -0.39 is 96.0 Å². The number of rotatable bonds is 15. The molecule has 264 valence electrons. The number of amides is 4. The van der Waals surface area contributed by atoms with Crippen LogP contribution in [0.5, 0.6) is 5.75 Å². The van der Waals surface area contributed by atoms with Gasteiger partial charge in [-0.15, -0.1) is 0 Å². The van der Waals surface area contributed by atoms with Crippen molar-refractivity contribution < 1.29 is 68.9 Å². The van der Waals surface area contributed by atoms with Crippen molar-refractivity contribution >= 4 is 29.4 Å². The molecule has 0 heterocycles. The average Bonchev–Trinajstić information content (AvgIpc) is 3.02. The number of hydrogen-bond donors (Lipinski definition) is 5. The van der Waals surface area contributed by atoms with E-state index in [4.69, 9.17) is 4.74 Å². The van der Waals surface area contributed by atoms with Crippen LogP contribution in [-0.2, 0) is 29.9 Å². The zero-order chi connectivity index (χ0) is 36.6. The maximum Gasteiger partial charge on any atom is 0.405 e. The number of benzene rings is 2. The Labute approximate surface area is 267 Å². The van der Waals surface area contributed by atoms with Crippen LogP contribution in [0.15, 0.2) is 48.5 Å². The van der Waals surface area contributed by atoms with E-state index in [0.717, 1.165) is 37.4 Å². The second-order valence-corrected chi connectivity index (χ2v) is 10.5. The Hall–Kier alpha value is -4.81. The molecule has 0 bridgehead atoms. The number of Topliss-reactive ketones (excluding diaryl/α,β-unsaturated/α-hetero) is 1. The number of nitrogens with one attached hydrogen (secondary N) is 4. The van der Waals surface area contributed by atoms with Gasteiger partial charge in [0.2, 0.25) is 17.6 Å². The molecule has 48 heavy (non-hydrogen) atoms. The number of carbonyl (C=O) groups is 5. The topological polar surface area (TPSA) is 163 Å². The number of carbonyl (C=O) groups excluding carboxylic acids is 5. The fourth-order valence-electron chi connectivity index (χ4n) is 3.97. The third-order valence-corrected chi connectivity index (χ3v) is 6.57. The predicted molar refractivity (Wildman–Crippen MR) is 149 cm³/mol. The van der Waals surface area contributed by atoms with E-state index in [9.17, 15) is 64.2 Å². The van der Waals surface area contributed by atoms with Crippen LogP contribution in [0.3, 0.4) is 0 Å². The van der Waals surface area contributed by atoms with E-state index in [0.29, 0.717) is 6.07 Å². The molecule has 0 spiro atoms. The zero-order valence-electron chi connectivity index (χ0n) is 25.3. The van der Waals surface area contributed by atoms with E-state index in [1.165, 1.54) is 31.4 Å². The van der Waals surface area contributed by atoms with Crippen molar-refractivity contribution in [2.45, 2.75) is 50.0 Å². The molecule has 19 heteroatoms. The van der Waals surface area contributed by atoms with Gasteiger partial charge < -0.3 is 31.1 Å². The highest BCUT2D eigenvalue weighted by Gasteiger charge is 2.52. The predicted octanol–water partition coefficient (Wildman–Crippen LogP) is 2.28. The monoisotopic (exact) mass is 698 g/mol. The molecule has 11 nitrogen and oxygen atoms in total. The number of alkyl halides is 7. The van der Waals surface area contributed by atoms with E-state index in [1.807, 2.05) is 10.6 Å². The van der Waals surface area contributed by atoms with Gasteiger partial charge in [-0.25, -0.2) is 4.39 Å². The Morgan fingerprint density at radius 1 is 0.833 bits per heavy atom. The summed E-state index contributed by atoms with van der Waals surface area (Å²) < 4.78 is 115. The number of aliphatic hydroxyl groups is 1. The molecular weight excluding hydrogens is 668 g/mol. The first kappa shape index (κ1) is 39.4. The normalized spacial score (nSPS) is 13.9. The van der Waals surface area contributed by atoms with Crippen molar-refractivity contribution in [2.75, 3.05) is 20.3 Å². The van der Waals surface area contributed by atoms with Gasteiger partial charge in [-0.3, -0.25) is 24.0 Å². The molecule has 0 saturated heterocycles. The number of hydrogen-bond acceptors (Lipinski definition) is 7. The summed E-state index contributed by atoms with van der Waals surface area (Å²) in [7, 11) is 1.28. The first-order valence-electron chi connectivity index (χ1n) is 13.7. The maximum atomic E-state index is 14.7. The highest BCUT2D eigenvalue weighted by atomic mass is 19.4. The molecule has 4 amide bonds. The molecule has 0 aliphatic rings. The third kappa shape index (κ3) is 10.1. The SMILES string of the molecule is COc1ccc(C(NC(=O)C(CO)NC(=O)C(F)(F)c2cccc(F)c2)C(=O)NC(C(=O)C(F)(F)C(=O)NCC(F)(F)F)C(C)C)cc1. The van der Waals surface area contributed by atoms with Crippen molar-refractivity contribution in [2.24, 2.45) is 5.92 Å². The standard InChI is InChI=1S/C29H30F8N4O7/c1-14(2)20(22(43)29(36,37)25(46)38-13-27(31,32)33)40-24(45)21(15-7-9-18(48-3)10-8-15)41-23(44)19(12-42)39-26(47)28(34,35)16-5-4-6-17(30)11-16/h4-11,14,19-21,42H,12-13H2,1-3H3,(H,38,46)(H,39,47)(H,40,45)(H,41,44). The molecule has 0 radical (unpaired) electrons. The molecule has 0 aromatic heterocycles. The van der Waals surface area contributed by atoms with Gasteiger partial charge in [-0.2, -0.15) is 30.7 Å². The molecule has 3 unspecified atom stereocenters. The number of ketones is 1. The lowest BCUT2D eigenvalue weighted by Crippen LogP contribution is -2.59. The highest BCUT2D eigenvalue weighted by Crippen LogP contribution is 2.29. The van der Waals surface area contributed by atoms with E-state index in [-0.39, 0.29) is 11.3 Å². The van der Waals surface area contributed by atoms with Gasteiger partial charge in [-0.05, 0) is 35.7 Å². The largest absolute Gasteiger partial charge is 0.497 e. The van der Waals surface area contributed by atoms with Gasteiger partial charge in [0, 0.05) is 5.56 Å². The second kappa shape index (κ2) is 15.9. The fraction of sp³-hybridized carbons (Fsp3) is 0.414. The minimum Gasteiger partial charge on any atom is -0.497 e. The van der Waals surface area contributed by atoms with Crippen LogP contribution in [0.25, 0.3) is 0 Å². The zero-order valence-corrected chi connectivity index (χ0v) is 25.3. The van der Waals surface area contributed by atoms with Crippen LogP contribution in [0.1, 0.15) is 31.0 Å². The van der Waals surface area contributed by atoms with Crippen LogP contribution < -0.4 is 26.0 Å². The number of methoxy groups -OCH3 is 1. The number of ether oxygens (including phenoxy) is 1. The molecule has 0 fully saturated rings. The van der Waals surface area contributed by atoms with Gasteiger partial charge in [0.1, 0.15) is 30.2 Å². The lowest BCUT2D eigenvalue weighted by atomic mass is 9.94. The summed E-state index contributed by atoms with van der Waals surface area (Å²) in [5.41, 5.74) is -1.24. The van der Waals surface area contributed by atoms with Crippen LogP contribution >= 0.6 is 0 Å². The van der Waals surface area contributed by atoms with Crippen LogP contribution in [0, 0.1) is 11.7 Å². The van der Waals surface area contributed by atoms with Crippen molar-refractivity contribution in [3.8, 4) is 5.75 Å². The Bertz CT molecular complexity index is 1490. The fourth-order valence-corrected chi connectivity index (χ4v) is 3.97. The Morgan fingerprint density at radius 2 is 1.44 bits per heavy atom. The van der Waals surface area contributed by atoms with E-state index in [1.54, 1.807) is 5.32 Å². The molecule has 2 aromatic rings. The van der Waals surface area contributed by atoms with Crippen molar-refractivity contribution in [1.82, 2.24) is 21.3 Å². The van der Waals surface area contributed by atoms with Crippen LogP contribution in [-0.4, -0.2) is 79.0 Å². The minimum atomic E-state index is -5.09. The summed E-state index contributed by atoms with van der Waals surface area (Å²) in [6.45, 7) is -1.22. The summed E-state index contributed by atoms with van der Waals surface area (Å²) in [6.07, 6.45) is -5.09. The van der Waals surface area contributed by atoms with Gasteiger partial charge >= 0.3 is 18.0 Å². The summed E-state index contributed by atoms with van der Waals surface area (Å²) in [5.74, 6) is -21.5. The molecule has 0 saturated carbocycles. The van der Waals surface area contributed by atoms with Crippen molar-refractivity contribution in [3.05, 3.63) is 65.5 Å². The number of halogens is 8. The van der Waals surface area contributed by atoms with Crippen LogP contribution in [0.4, 0.5) is 35.1 Å². The Kier molecular flexibility index (Phi) is 13.0. The Balaban J connectivity index is 2.37. The Morgan fingerprint density at radius 3 is 1.94 bits per heavy atom. The number of aliphatic hydroxyl groups excluding tert-OH is 1. The van der Waals surface area contributed by atoms with E-state index in [2.05, 4.69) is 0 Å². The first-order chi connectivity index (χ1) is 22.1. The molecule has 3 atom stereocenters. The smallest absolute Gasteiger partial charge is 0.405 e. The minimum absolute atomic E-state index is 0.139. The van der Waals surface area contributed by atoms with E-state index >= 15 is 0 Å². The average molecular weight is 699 g/mol. The molecule has 0 aliphatic carbocycles. The third-order valence-electron chi connectivity index (χ3n) is 6.57. The molecule has 2 aromatic carbocycles. The summed E-state index contributed by atoms with van der Waals surface area (Å²) in [4.78, 5) is 63.4. The van der Waals surface area contributed by atoms with Gasteiger partial charge in [-0.1, -0.05) is 38.1 Å². The summed E-state index contributed by atoms with van der Waals surface area (Å²) >= 11 is 0. The quantitative estimate of drug-likeness (QED) is 0.141. The molecule has 0 aliphatic heterocycles. The molecule has 5 N–H and O–H groups in total. The lowest BCUT2D eigenvalue weighted by molar-refractivity contribution is -0.165. The van der Waals surface area contributed by atoms with Gasteiger partial charge in [0.15, 0.2) is 0 Å². The lowest BCUT2D eigenvalue weighted by Gasteiger charge is -2.28. The first-order valence-corrected chi connectivity index (χ1v) is 13.7. The van der Waals surface area contributed by atoms with Gasteiger partial charge in [0.25, 0.3) is 11.8 Å². The van der Waals surface area contributed by atoms with Crippen molar-refractivity contribution in [1.29, 1.82) is 0 Å². The second-order valence-electron chi connectivity index (χ2n) is 10.5. The summed E-state index contributed by atoms with van der Waals surface area (Å²) in [6, 6.07) is 1.33. The maximum absolute atomic E-state index is 14.7. The summed E-state index contributed by atoms with van der Waals surface area (Å²) in [5, 5.41) is 16.1. The molecule has 2 rings (SSSR count).